The zero-order valence-corrected chi connectivity index (χ0v) is 7.97. The van der Waals surface area contributed by atoms with Crippen LogP contribution in [0.25, 0.3) is 0 Å². The SMILES string of the molecule is C#CCC(CC1CC1)NCCC. The van der Waals surface area contributed by atoms with Crippen molar-refractivity contribution in [3.63, 3.8) is 0 Å². The average molecular weight is 165 g/mol. The van der Waals surface area contributed by atoms with Crippen LogP contribution >= 0.6 is 0 Å². The molecule has 1 heteroatoms. The van der Waals surface area contributed by atoms with E-state index in [9.17, 15) is 0 Å². The first-order valence-electron chi connectivity index (χ1n) is 5.03. The summed E-state index contributed by atoms with van der Waals surface area (Å²) in [5, 5.41) is 3.50. The van der Waals surface area contributed by atoms with Gasteiger partial charge in [-0.3, -0.25) is 0 Å². The van der Waals surface area contributed by atoms with Crippen LogP contribution in [0.2, 0.25) is 0 Å². The van der Waals surface area contributed by atoms with Gasteiger partial charge < -0.3 is 5.32 Å². The Bertz CT molecular complexity index is 153. The van der Waals surface area contributed by atoms with Gasteiger partial charge in [0.25, 0.3) is 0 Å². The number of rotatable bonds is 6. The molecule has 0 aromatic carbocycles. The minimum absolute atomic E-state index is 0.586. The minimum Gasteiger partial charge on any atom is -0.313 e. The molecule has 1 nitrogen and oxygen atoms in total. The number of hydrogen-bond donors (Lipinski definition) is 1. The molecule has 1 atom stereocenters. The second-order valence-electron chi connectivity index (χ2n) is 3.74. The van der Waals surface area contributed by atoms with Gasteiger partial charge in [0, 0.05) is 12.5 Å². The second kappa shape index (κ2) is 5.22. The summed E-state index contributed by atoms with van der Waals surface area (Å²) in [7, 11) is 0. The summed E-state index contributed by atoms with van der Waals surface area (Å²) in [6.45, 7) is 3.30. The molecule has 1 aliphatic carbocycles. The predicted octanol–water partition coefficient (Wildman–Crippen LogP) is 2.18. The van der Waals surface area contributed by atoms with E-state index in [1.165, 1.54) is 25.7 Å². The Labute approximate surface area is 75.9 Å². The predicted molar refractivity (Wildman–Crippen MR) is 52.9 cm³/mol. The van der Waals surface area contributed by atoms with Crippen LogP contribution in [0, 0.1) is 18.3 Å². The lowest BCUT2D eigenvalue weighted by molar-refractivity contribution is 0.465. The third kappa shape index (κ3) is 3.78. The summed E-state index contributed by atoms with van der Waals surface area (Å²) in [6, 6.07) is 0.586. The van der Waals surface area contributed by atoms with Crippen molar-refractivity contribution in [2.75, 3.05) is 6.54 Å². The van der Waals surface area contributed by atoms with Crippen molar-refractivity contribution in [1.29, 1.82) is 0 Å². The average Bonchev–Trinajstić information content (AvgIpc) is 2.84. The Kier molecular flexibility index (Phi) is 4.18. The first kappa shape index (κ1) is 9.61. The molecule has 0 bridgehead atoms. The maximum atomic E-state index is 5.31. The Hall–Kier alpha value is -0.480. The van der Waals surface area contributed by atoms with Gasteiger partial charge in [-0.05, 0) is 25.3 Å². The van der Waals surface area contributed by atoms with E-state index < -0.39 is 0 Å². The van der Waals surface area contributed by atoms with Gasteiger partial charge in [-0.15, -0.1) is 12.3 Å². The molecule has 1 N–H and O–H groups in total. The van der Waals surface area contributed by atoms with Crippen molar-refractivity contribution in [3.8, 4) is 12.3 Å². The summed E-state index contributed by atoms with van der Waals surface area (Å²) in [4.78, 5) is 0. The summed E-state index contributed by atoms with van der Waals surface area (Å²) >= 11 is 0. The van der Waals surface area contributed by atoms with Gasteiger partial charge in [-0.25, -0.2) is 0 Å². The topological polar surface area (TPSA) is 12.0 Å². The normalized spacial score (nSPS) is 18.7. The molecule has 0 radical (unpaired) electrons. The first-order valence-corrected chi connectivity index (χ1v) is 5.03. The van der Waals surface area contributed by atoms with E-state index in [0.717, 1.165) is 18.9 Å². The van der Waals surface area contributed by atoms with Gasteiger partial charge in [0.15, 0.2) is 0 Å². The van der Waals surface area contributed by atoms with E-state index in [1.54, 1.807) is 0 Å². The fourth-order valence-corrected chi connectivity index (χ4v) is 1.49. The van der Waals surface area contributed by atoms with E-state index in [4.69, 9.17) is 6.42 Å². The van der Waals surface area contributed by atoms with Crippen LogP contribution in [-0.2, 0) is 0 Å². The third-order valence-corrected chi connectivity index (χ3v) is 2.36. The highest BCUT2D eigenvalue weighted by molar-refractivity contribution is 4.92. The van der Waals surface area contributed by atoms with Crippen molar-refractivity contribution >= 4 is 0 Å². The maximum Gasteiger partial charge on any atom is 0.0240 e. The maximum absolute atomic E-state index is 5.31. The van der Waals surface area contributed by atoms with Crippen LogP contribution in [0.3, 0.4) is 0 Å². The molecular formula is C11H19N. The quantitative estimate of drug-likeness (QED) is 0.595. The molecule has 68 valence electrons. The Morgan fingerprint density at radius 3 is 2.83 bits per heavy atom. The standard InChI is InChI=1S/C11H19N/c1-3-5-11(12-8-4-2)9-10-6-7-10/h1,10-12H,4-9H2,2H3. The fraction of sp³-hybridized carbons (Fsp3) is 0.818. The summed E-state index contributed by atoms with van der Waals surface area (Å²) in [5.41, 5.74) is 0. The zero-order valence-electron chi connectivity index (χ0n) is 7.97. The Balaban J connectivity index is 2.12. The van der Waals surface area contributed by atoms with Crippen LogP contribution < -0.4 is 5.32 Å². The highest BCUT2D eigenvalue weighted by Crippen LogP contribution is 2.33. The van der Waals surface area contributed by atoms with E-state index in [1.807, 2.05) is 0 Å². The molecule has 1 unspecified atom stereocenters. The molecule has 1 saturated carbocycles. The van der Waals surface area contributed by atoms with Crippen LogP contribution in [0.1, 0.15) is 39.0 Å². The van der Waals surface area contributed by atoms with E-state index in [-0.39, 0.29) is 0 Å². The van der Waals surface area contributed by atoms with Gasteiger partial charge in [-0.2, -0.15) is 0 Å². The van der Waals surface area contributed by atoms with E-state index in [0.29, 0.717) is 6.04 Å². The van der Waals surface area contributed by atoms with E-state index >= 15 is 0 Å². The highest BCUT2D eigenvalue weighted by Gasteiger charge is 2.24. The van der Waals surface area contributed by atoms with Crippen molar-refractivity contribution in [1.82, 2.24) is 5.32 Å². The van der Waals surface area contributed by atoms with Crippen molar-refractivity contribution in [3.05, 3.63) is 0 Å². The molecule has 0 aromatic rings. The zero-order chi connectivity index (χ0) is 8.81. The van der Waals surface area contributed by atoms with Crippen LogP contribution in [0.5, 0.6) is 0 Å². The smallest absolute Gasteiger partial charge is 0.0240 e. The summed E-state index contributed by atoms with van der Waals surface area (Å²) in [6.07, 6.45) is 11.6. The lowest BCUT2D eigenvalue weighted by Crippen LogP contribution is -2.29. The molecule has 0 aliphatic heterocycles. The molecule has 0 amide bonds. The number of terminal acetylenes is 1. The van der Waals surface area contributed by atoms with Crippen molar-refractivity contribution < 1.29 is 0 Å². The Morgan fingerprint density at radius 2 is 2.33 bits per heavy atom. The molecule has 12 heavy (non-hydrogen) atoms. The lowest BCUT2D eigenvalue weighted by Gasteiger charge is -2.14. The van der Waals surface area contributed by atoms with Gasteiger partial charge in [0.05, 0.1) is 0 Å². The lowest BCUT2D eigenvalue weighted by atomic mass is 10.1. The summed E-state index contributed by atoms with van der Waals surface area (Å²) < 4.78 is 0. The minimum atomic E-state index is 0.586. The first-order chi connectivity index (χ1) is 5.86. The molecule has 1 aliphatic rings. The Morgan fingerprint density at radius 1 is 1.58 bits per heavy atom. The third-order valence-electron chi connectivity index (χ3n) is 2.36. The van der Waals surface area contributed by atoms with Crippen LogP contribution in [0.4, 0.5) is 0 Å². The van der Waals surface area contributed by atoms with Crippen molar-refractivity contribution in [2.24, 2.45) is 5.92 Å². The highest BCUT2D eigenvalue weighted by atomic mass is 14.9. The molecule has 1 fully saturated rings. The second-order valence-corrected chi connectivity index (χ2v) is 3.74. The molecule has 1 rings (SSSR count). The van der Waals surface area contributed by atoms with Gasteiger partial charge in [-0.1, -0.05) is 19.8 Å². The van der Waals surface area contributed by atoms with Gasteiger partial charge >= 0.3 is 0 Å². The number of hydrogen-bond acceptors (Lipinski definition) is 1. The largest absolute Gasteiger partial charge is 0.313 e. The monoisotopic (exact) mass is 165 g/mol. The van der Waals surface area contributed by atoms with Gasteiger partial charge in [0.1, 0.15) is 0 Å². The van der Waals surface area contributed by atoms with Crippen molar-refractivity contribution in [2.45, 2.75) is 45.1 Å². The molecule has 0 spiro atoms. The molecule has 0 aromatic heterocycles. The molecule has 0 saturated heterocycles. The summed E-state index contributed by atoms with van der Waals surface area (Å²) in [5.74, 6) is 3.73. The van der Waals surface area contributed by atoms with E-state index in [2.05, 4.69) is 18.2 Å². The van der Waals surface area contributed by atoms with Crippen LogP contribution in [-0.4, -0.2) is 12.6 Å². The molecular weight excluding hydrogens is 146 g/mol. The van der Waals surface area contributed by atoms with Crippen LogP contribution in [0.15, 0.2) is 0 Å². The molecule has 0 heterocycles. The fourth-order valence-electron chi connectivity index (χ4n) is 1.49. The number of nitrogens with one attached hydrogen (secondary N) is 1. The van der Waals surface area contributed by atoms with Gasteiger partial charge in [0.2, 0.25) is 0 Å².